The van der Waals surface area contributed by atoms with Gasteiger partial charge in [-0.25, -0.2) is 8.42 Å². The lowest BCUT2D eigenvalue weighted by Gasteiger charge is -2.42. The van der Waals surface area contributed by atoms with Crippen LogP contribution in [0.25, 0.3) is 0 Å². The van der Waals surface area contributed by atoms with Crippen LogP contribution in [0.4, 0.5) is 11.4 Å². The zero-order chi connectivity index (χ0) is 28.8. The molecular weight excluding hydrogens is 540 g/mol. The average Bonchev–Trinajstić information content (AvgIpc) is 3.88. The van der Waals surface area contributed by atoms with Gasteiger partial charge in [-0.05, 0) is 105 Å². The summed E-state index contributed by atoms with van der Waals surface area (Å²) in [5, 5.41) is 5.55. The largest absolute Gasteiger partial charge is 0.371 e. The quantitative estimate of drug-likeness (QED) is 0.543. The zero-order valence-electron chi connectivity index (χ0n) is 23.8. The van der Waals surface area contributed by atoms with Gasteiger partial charge in [-0.2, -0.15) is 0 Å². The molecule has 1 saturated heterocycles. The molecule has 3 heterocycles. The molecule has 4 fully saturated rings. The van der Waals surface area contributed by atoms with Crippen LogP contribution < -0.4 is 21.1 Å². The van der Waals surface area contributed by atoms with Crippen LogP contribution >= 0.6 is 0 Å². The Bertz CT molecular complexity index is 1610. The van der Waals surface area contributed by atoms with Crippen molar-refractivity contribution >= 4 is 33.0 Å². The number of anilines is 2. The molecule has 2 N–H and O–H groups in total. The van der Waals surface area contributed by atoms with Crippen LogP contribution in [0.2, 0.25) is 0 Å². The van der Waals surface area contributed by atoms with E-state index in [1.54, 1.807) is 22.8 Å². The van der Waals surface area contributed by atoms with Crippen molar-refractivity contribution in [2.24, 2.45) is 10.8 Å². The maximum absolute atomic E-state index is 13.8. The Morgan fingerprint density at radius 1 is 0.927 bits per heavy atom. The van der Waals surface area contributed by atoms with E-state index in [0.29, 0.717) is 48.0 Å². The van der Waals surface area contributed by atoms with E-state index in [0.717, 1.165) is 38.8 Å². The van der Waals surface area contributed by atoms with Crippen molar-refractivity contribution in [1.82, 2.24) is 9.88 Å². The summed E-state index contributed by atoms with van der Waals surface area (Å²) < 4.78 is 27.7. The second-order valence-corrected chi connectivity index (χ2v) is 16.0. The predicted octanol–water partition coefficient (Wildman–Crippen LogP) is 4.41. The minimum Gasteiger partial charge on any atom is -0.371 e. The molecule has 1 aromatic carbocycles. The van der Waals surface area contributed by atoms with Gasteiger partial charge in [-0.1, -0.05) is 13.8 Å². The van der Waals surface area contributed by atoms with E-state index in [1.807, 2.05) is 0 Å². The molecule has 7 rings (SSSR count). The lowest BCUT2D eigenvalue weighted by Crippen LogP contribution is -2.51. The first-order chi connectivity index (χ1) is 19.4. The fourth-order valence-electron chi connectivity index (χ4n) is 7.06. The second-order valence-electron chi connectivity index (χ2n) is 13.8. The van der Waals surface area contributed by atoms with Crippen molar-refractivity contribution in [3.63, 3.8) is 0 Å². The number of nitrogens with one attached hydrogen (secondary N) is 2. The minimum atomic E-state index is -3.43. The molecule has 5 aliphatic rings. The normalized spacial score (nSPS) is 23.8. The van der Waals surface area contributed by atoms with E-state index in [4.69, 9.17) is 0 Å². The Labute approximate surface area is 240 Å². The number of rotatable bonds is 5. The van der Waals surface area contributed by atoms with E-state index in [-0.39, 0.29) is 27.2 Å². The summed E-state index contributed by atoms with van der Waals surface area (Å²) in [6, 6.07) is 7.87. The Morgan fingerprint density at radius 3 is 2.24 bits per heavy atom. The lowest BCUT2D eigenvalue weighted by molar-refractivity contribution is 0.0729. The number of carbonyl (C=O) groups excluding carboxylic acids is 2. The van der Waals surface area contributed by atoms with Gasteiger partial charge in [0.15, 0.2) is 9.84 Å². The summed E-state index contributed by atoms with van der Waals surface area (Å²) in [7, 11) is -3.43. The molecule has 1 aromatic heterocycles. The van der Waals surface area contributed by atoms with Crippen LogP contribution in [-0.4, -0.2) is 43.1 Å². The molecule has 3 saturated carbocycles. The van der Waals surface area contributed by atoms with Gasteiger partial charge in [0, 0.05) is 13.1 Å². The highest BCUT2D eigenvalue weighted by Crippen LogP contribution is 2.54. The van der Waals surface area contributed by atoms with Gasteiger partial charge in [0.25, 0.3) is 17.4 Å². The van der Waals surface area contributed by atoms with Crippen LogP contribution in [0.1, 0.15) is 98.9 Å². The van der Waals surface area contributed by atoms with Crippen LogP contribution in [0.15, 0.2) is 40.0 Å². The topological polar surface area (TPSA) is 118 Å². The van der Waals surface area contributed by atoms with E-state index >= 15 is 0 Å². The highest BCUT2D eigenvalue weighted by atomic mass is 32.2. The van der Waals surface area contributed by atoms with Crippen molar-refractivity contribution in [1.29, 1.82) is 0 Å². The molecular formula is C31H38N4O5S. The van der Waals surface area contributed by atoms with Gasteiger partial charge in [0.1, 0.15) is 17.0 Å². The molecule has 218 valence electrons. The molecule has 9 nitrogen and oxygen atoms in total. The summed E-state index contributed by atoms with van der Waals surface area (Å²) in [6.07, 6.45) is 8.90. The number of pyridine rings is 1. The summed E-state index contributed by atoms with van der Waals surface area (Å²) in [6.45, 7) is 5.92. The number of aromatic nitrogens is 1. The van der Waals surface area contributed by atoms with Crippen molar-refractivity contribution in [3.8, 4) is 0 Å². The number of sulfone groups is 1. The van der Waals surface area contributed by atoms with Crippen molar-refractivity contribution < 1.29 is 18.0 Å². The van der Waals surface area contributed by atoms with Gasteiger partial charge < -0.3 is 15.5 Å². The zero-order valence-corrected chi connectivity index (χ0v) is 24.6. The maximum atomic E-state index is 13.8. The van der Waals surface area contributed by atoms with E-state index in [9.17, 15) is 22.8 Å². The van der Waals surface area contributed by atoms with Gasteiger partial charge in [0.05, 0.1) is 21.4 Å². The van der Waals surface area contributed by atoms with Crippen molar-refractivity contribution in [3.05, 3.63) is 51.9 Å². The van der Waals surface area contributed by atoms with Gasteiger partial charge in [-0.3, -0.25) is 19.0 Å². The molecule has 2 aliphatic heterocycles. The summed E-state index contributed by atoms with van der Waals surface area (Å²) in [5.41, 5.74) is 0.737. The molecule has 0 atom stereocenters. The highest BCUT2D eigenvalue weighted by molar-refractivity contribution is 7.92. The van der Waals surface area contributed by atoms with Gasteiger partial charge in [-0.15, -0.1) is 0 Å². The number of piperidine rings is 1. The van der Waals surface area contributed by atoms with Crippen molar-refractivity contribution in [2.45, 2.75) is 93.9 Å². The molecule has 2 amide bonds. The number of nitrogens with zero attached hydrogens (tertiary/aromatic N) is 2. The predicted molar refractivity (Wildman–Crippen MR) is 156 cm³/mol. The molecule has 0 radical (unpaired) electrons. The number of fused-ring (bicyclic) bond motifs is 2. The first kappa shape index (κ1) is 26.7. The molecule has 2 spiro atoms. The third kappa shape index (κ3) is 4.49. The lowest BCUT2D eigenvalue weighted by atomic mass is 9.73. The number of benzene rings is 1. The van der Waals surface area contributed by atoms with Gasteiger partial charge in [0.2, 0.25) is 0 Å². The molecule has 41 heavy (non-hydrogen) atoms. The van der Waals surface area contributed by atoms with E-state index in [1.165, 1.54) is 25.0 Å². The Balaban J connectivity index is 1.22. The number of amides is 2. The second kappa shape index (κ2) is 8.93. The number of hydrogen-bond donors (Lipinski definition) is 2. The summed E-state index contributed by atoms with van der Waals surface area (Å²) in [5.74, 6) is -0.733. The summed E-state index contributed by atoms with van der Waals surface area (Å²) >= 11 is 0. The highest BCUT2D eigenvalue weighted by Gasteiger charge is 2.48. The molecule has 10 heteroatoms. The Morgan fingerprint density at radius 2 is 1.61 bits per heavy atom. The molecule has 0 unspecified atom stereocenters. The van der Waals surface area contributed by atoms with Crippen molar-refractivity contribution in [2.75, 3.05) is 23.3 Å². The molecule has 2 aromatic rings. The van der Waals surface area contributed by atoms with Crippen LogP contribution in [0.3, 0.4) is 0 Å². The first-order valence-electron chi connectivity index (χ1n) is 15.0. The molecule has 3 aliphatic carbocycles. The number of carbonyl (C=O) groups is 2. The standard InChI is InChI=1S/C31H38N4O5S/c1-29(2)9-13-31(14-10-29)33-27(37)24-8-7-23(28(38)35(24)31)32-26(36)22-6-5-21(41(39,40)20-3-4-20)19-25(22)34-17-15-30(11-12-30)16-18-34/h5-8,19-20H,3-4,9-18H2,1-2H3,(H,32,36)(H,33,37). The van der Waals surface area contributed by atoms with Crippen LogP contribution in [0.5, 0.6) is 0 Å². The first-order valence-corrected chi connectivity index (χ1v) is 16.5. The average molecular weight is 579 g/mol. The van der Waals surface area contributed by atoms with E-state index in [2.05, 4.69) is 29.4 Å². The van der Waals surface area contributed by atoms with Gasteiger partial charge >= 0.3 is 0 Å². The monoisotopic (exact) mass is 578 g/mol. The summed E-state index contributed by atoms with van der Waals surface area (Å²) in [4.78, 5) is 42.8. The van der Waals surface area contributed by atoms with Crippen LogP contribution in [0, 0.1) is 10.8 Å². The number of hydrogen-bond acceptors (Lipinski definition) is 6. The van der Waals surface area contributed by atoms with E-state index < -0.39 is 27.0 Å². The Kier molecular flexibility index (Phi) is 5.82. The Hall–Kier alpha value is -3.14. The third-order valence-electron chi connectivity index (χ3n) is 10.4. The smallest absolute Gasteiger partial charge is 0.276 e. The van der Waals surface area contributed by atoms with Crippen LogP contribution in [-0.2, 0) is 15.5 Å². The minimum absolute atomic E-state index is 0.107. The molecule has 0 bridgehead atoms. The fourth-order valence-corrected chi connectivity index (χ4v) is 8.73. The maximum Gasteiger partial charge on any atom is 0.276 e. The SMILES string of the molecule is CC1(C)CCC2(CC1)NC(=O)c1ccc(NC(=O)c3ccc(S(=O)(=O)C4CC4)cc3N3CCC4(CC3)CC4)c(=O)n12. The third-order valence-corrected chi connectivity index (χ3v) is 12.7. The fraction of sp³-hybridized carbons (Fsp3) is 0.581.